The number of aromatic nitrogens is 4. The Labute approximate surface area is 215 Å². The molecule has 1 fully saturated rings. The van der Waals surface area contributed by atoms with E-state index in [1.807, 2.05) is 17.9 Å². The van der Waals surface area contributed by atoms with Crippen LogP contribution in [0.15, 0.2) is 42.7 Å². The number of hydrogen-bond donors (Lipinski definition) is 1. The summed E-state index contributed by atoms with van der Waals surface area (Å²) in [6.45, 7) is 2.09. The topological polar surface area (TPSA) is 73.3 Å². The number of rotatable bonds is 4. The predicted molar refractivity (Wildman–Crippen MR) is 134 cm³/mol. The van der Waals surface area contributed by atoms with Crippen molar-refractivity contribution < 1.29 is 22.4 Å². The molecule has 12 heteroatoms. The van der Waals surface area contributed by atoms with E-state index in [4.69, 9.17) is 0 Å². The number of aromatic amines is 1. The number of fused-ring (bicyclic) bond motifs is 2. The maximum Gasteiger partial charge on any atom is 0.401 e. The average molecular weight is 528 g/mol. The molecule has 0 spiro atoms. The van der Waals surface area contributed by atoms with Crippen molar-refractivity contribution in [1.29, 1.82) is 0 Å². The van der Waals surface area contributed by atoms with Crippen LogP contribution < -0.4 is 9.80 Å². The first-order valence-corrected chi connectivity index (χ1v) is 12.2. The number of benzene rings is 2. The highest BCUT2D eigenvalue weighted by Crippen LogP contribution is 2.44. The van der Waals surface area contributed by atoms with Gasteiger partial charge in [-0.1, -0.05) is 6.07 Å². The van der Waals surface area contributed by atoms with Gasteiger partial charge < -0.3 is 9.88 Å². The molecule has 0 aliphatic carbocycles. The first-order chi connectivity index (χ1) is 18.1. The van der Waals surface area contributed by atoms with Crippen LogP contribution >= 0.6 is 0 Å². The smallest absolute Gasteiger partial charge is 0.369 e. The van der Waals surface area contributed by atoms with Crippen molar-refractivity contribution in [2.45, 2.75) is 19.1 Å². The summed E-state index contributed by atoms with van der Waals surface area (Å²) >= 11 is 0. The van der Waals surface area contributed by atoms with Gasteiger partial charge in [0.15, 0.2) is 5.69 Å². The summed E-state index contributed by atoms with van der Waals surface area (Å²) in [7, 11) is 1.75. The first kappa shape index (κ1) is 24.4. The lowest BCUT2D eigenvalue weighted by Gasteiger charge is -2.36. The second-order valence-corrected chi connectivity index (χ2v) is 9.74. The summed E-state index contributed by atoms with van der Waals surface area (Å²) in [4.78, 5) is 25.7. The van der Waals surface area contributed by atoms with E-state index in [0.717, 1.165) is 11.2 Å². The van der Waals surface area contributed by atoms with Gasteiger partial charge in [0, 0.05) is 61.4 Å². The minimum atomic E-state index is -4.24. The molecule has 6 rings (SSSR count). The van der Waals surface area contributed by atoms with E-state index in [2.05, 4.69) is 15.1 Å². The molecule has 1 unspecified atom stereocenters. The predicted octanol–water partition coefficient (Wildman–Crippen LogP) is 4.18. The molecule has 1 saturated heterocycles. The van der Waals surface area contributed by atoms with Gasteiger partial charge in [0.25, 0.3) is 5.91 Å². The van der Waals surface area contributed by atoms with Gasteiger partial charge in [0.2, 0.25) is 0 Å². The lowest BCUT2D eigenvalue weighted by Crippen LogP contribution is -2.49. The van der Waals surface area contributed by atoms with Crippen LogP contribution in [0.4, 0.5) is 28.9 Å². The largest absolute Gasteiger partial charge is 0.401 e. The molecule has 38 heavy (non-hydrogen) atoms. The average Bonchev–Trinajstić information content (AvgIpc) is 3.53. The Kier molecular flexibility index (Phi) is 5.67. The third kappa shape index (κ3) is 4.08. The zero-order valence-electron chi connectivity index (χ0n) is 20.8. The zero-order valence-corrected chi connectivity index (χ0v) is 20.8. The van der Waals surface area contributed by atoms with E-state index >= 15 is 4.39 Å². The van der Waals surface area contributed by atoms with Gasteiger partial charge in [0.1, 0.15) is 5.82 Å². The molecule has 198 valence electrons. The third-order valence-corrected chi connectivity index (χ3v) is 7.44. The Morgan fingerprint density at radius 2 is 1.79 bits per heavy atom. The Morgan fingerprint density at radius 3 is 2.50 bits per heavy atom. The molecule has 8 nitrogen and oxygen atoms in total. The molecule has 4 aromatic rings. The van der Waals surface area contributed by atoms with Crippen LogP contribution in [0, 0.1) is 12.7 Å². The molecule has 0 bridgehead atoms. The number of nitrogens with zero attached hydrogens (tertiary/aromatic N) is 6. The number of aryl methyl sites for hydroxylation is 1. The Morgan fingerprint density at radius 1 is 1.05 bits per heavy atom. The summed E-state index contributed by atoms with van der Waals surface area (Å²) in [5.74, 6) is -0.826. The maximum atomic E-state index is 15.8. The van der Waals surface area contributed by atoms with E-state index in [9.17, 15) is 18.0 Å². The summed E-state index contributed by atoms with van der Waals surface area (Å²) < 4.78 is 55.7. The fourth-order valence-electron chi connectivity index (χ4n) is 5.45. The number of amides is 1. The van der Waals surface area contributed by atoms with Crippen molar-refractivity contribution in [3.63, 3.8) is 0 Å². The van der Waals surface area contributed by atoms with Gasteiger partial charge in [-0.15, -0.1) is 0 Å². The van der Waals surface area contributed by atoms with Crippen molar-refractivity contribution in [3.05, 3.63) is 71.1 Å². The lowest BCUT2D eigenvalue weighted by atomic mass is 9.97. The number of anilines is 2. The molecule has 2 aliphatic heterocycles. The number of piperazine rings is 1. The van der Waals surface area contributed by atoms with Gasteiger partial charge in [-0.25, -0.2) is 9.37 Å². The van der Waals surface area contributed by atoms with Gasteiger partial charge in [0.05, 0.1) is 29.9 Å². The highest BCUT2D eigenvalue weighted by Gasteiger charge is 2.44. The van der Waals surface area contributed by atoms with Crippen molar-refractivity contribution >= 4 is 28.3 Å². The fraction of sp³-hybridized carbons (Fsp3) is 0.346. The number of nitrogens with one attached hydrogen (secondary N) is 1. The van der Waals surface area contributed by atoms with E-state index < -0.39 is 24.6 Å². The zero-order chi connectivity index (χ0) is 26.8. The standard InChI is InChI=1S/C26H25F4N7O/c1-15-22-23(33-34(15)2)25(38)37(17-4-6-20-21(12-17)32-14-31-20)24(22)18-5-3-16(11-19(18)27)36-9-7-35(8-10-36)13-26(28,29)30/h3-6,11-12,14,24H,7-10,13H2,1-2H3,(H,31,32). The van der Waals surface area contributed by atoms with Gasteiger partial charge >= 0.3 is 6.18 Å². The van der Waals surface area contributed by atoms with Crippen molar-refractivity contribution in [1.82, 2.24) is 24.6 Å². The van der Waals surface area contributed by atoms with Gasteiger partial charge in [-0.3, -0.25) is 19.3 Å². The third-order valence-electron chi connectivity index (χ3n) is 7.44. The normalized spacial score (nSPS) is 18.6. The maximum absolute atomic E-state index is 15.8. The van der Waals surface area contributed by atoms with Crippen molar-refractivity contribution in [2.75, 3.05) is 42.5 Å². The molecule has 1 amide bonds. The molecule has 1 N–H and O–H groups in total. The van der Waals surface area contributed by atoms with E-state index in [1.54, 1.807) is 47.2 Å². The lowest BCUT2D eigenvalue weighted by molar-refractivity contribution is -0.146. The summed E-state index contributed by atoms with van der Waals surface area (Å²) in [6.07, 6.45) is -2.68. The molecule has 2 aromatic carbocycles. The van der Waals surface area contributed by atoms with Crippen LogP contribution in [0.5, 0.6) is 0 Å². The number of halogens is 4. The molecule has 2 aliphatic rings. The Hall–Kier alpha value is -3.93. The van der Waals surface area contributed by atoms with E-state index in [1.165, 1.54) is 11.0 Å². The summed E-state index contributed by atoms with van der Waals surface area (Å²) in [6, 6.07) is 9.48. The fourth-order valence-corrected chi connectivity index (χ4v) is 5.45. The SMILES string of the molecule is Cc1c2c(nn1C)C(=O)N(c1ccc3[nH]cnc3c1)C2c1ccc(N2CCN(CC(F)(F)F)CC2)cc1F. The number of imidazole rings is 1. The summed E-state index contributed by atoms with van der Waals surface area (Å²) in [5, 5.41) is 4.42. The molecule has 0 radical (unpaired) electrons. The molecule has 1 atom stereocenters. The molecule has 0 saturated carbocycles. The minimum Gasteiger partial charge on any atom is -0.369 e. The van der Waals surface area contributed by atoms with Crippen LogP contribution in [0.2, 0.25) is 0 Å². The van der Waals surface area contributed by atoms with Crippen LogP contribution in [-0.4, -0.2) is 69.5 Å². The molecule has 2 aromatic heterocycles. The number of H-pyrrole nitrogens is 1. The number of hydrogen-bond acceptors (Lipinski definition) is 5. The van der Waals surface area contributed by atoms with Crippen LogP contribution in [0.25, 0.3) is 11.0 Å². The van der Waals surface area contributed by atoms with Crippen molar-refractivity contribution in [2.24, 2.45) is 7.05 Å². The summed E-state index contributed by atoms with van der Waals surface area (Å²) in [5.41, 5.74) is 4.65. The number of carbonyl (C=O) groups excluding carboxylic acids is 1. The number of alkyl halides is 3. The van der Waals surface area contributed by atoms with E-state index in [0.29, 0.717) is 41.1 Å². The monoisotopic (exact) mass is 527 g/mol. The minimum absolute atomic E-state index is 0.238. The Balaban J connectivity index is 1.34. The second-order valence-electron chi connectivity index (χ2n) is 9.74. The van der Waals surface area contributed by atoms with Gasteiger partial charge in [-0.05, 0) is 37.3 Å². The van der Waals surface area contributed by atoms with E-state index in [-0.39, 0.29) is 24.7 Å². The number of carbonyl (C=O) groups is 1. The quantitative estimate of drug-likeness (QED) is 0.404. The molecule has 4 heterocycles. The first-order valence-electron chi connectivity index (χ1n) is 12.2. The highest BCUT2D eigenvalue weighted by molar-refractivity contribution is 6.11. The van der Waals surface area contributed by atoms with Gasteiger partial charge in [-0.2, -0.15) is 18.3 Å². The second kappa shape index (κ2) is 8.83. The van der Waals surface area contributed by atoms with Crippen LogP contribution in [0.1, 0.15) is 33.4 Å². The van der Waals surface area contributed by atoms with Crippen molar-refractivity contribution in [3.8, 4) is 0 Å². The highest BCUT2D eigenvalue weighted by atomic mass is 19.4. The molecular weight excluding hydrogens is 502 g/mol. The van der Waals surface area contributed by atoms with Crippen LogP contribution in [0.3, 0.4) is 0 Å². The molecular formula is C26H25F4N7O. The van der Waals surface area contributed by atoms with Crippen LogP contribution in [-0.2, 0) is 7.05 Å². The Bertz CT molecular complexity index is 1530.